The van der Waals surface area contributed by atoms with Crippen LogP contribution in [0.1, 0.15) is 6.92 Å². The second kappa shape index (κ2) is 5.72. The molecule has 0 aliphatic rings. The van der Waals surface area contributed by atoms with E-state index in [4.69, 9.17) is 4.74 Å². The first-order valence-electron chi connectivity index (χ1n) is 5.47. The van der Waals surface area contributed by atoms with Gasteiger partial charge in [-0.15, -0.1) is 0 Å². The number of hydrogen-bond acceptors (Lipinski definition) is 5. The molecule has 0 bridgehead atoms. The summed E-state index contributed by atoms with van der Waals surface area (Å²) in [5.41, 5.74) is 0.831. The smallest absolute Gasteiger partial charge is 0.412 e. The van der Waals surface area contributed by atoms with Gasteiger partial charge in [0.2, 0.25) is 0 Å². The molecule has 18 heavy (non-hydrogen) atoms. The van der Waals surface area contributed by atoms with Gasteiger partial charge >= 0.3 is 6.09 Å². The largest absolute Gasteiger partial charge is 0.450 e. The zero-order chi connectivity index (χ0) is 12.8. The maximum Gasteiger partial charge on any atom is 0.412 e. The SMILES string of the molecule is CCOC(=O)Nc1ccnc(-c2ccncc2)n1. The van der Waals surface area contributed by atoms with Gasteiger partial charge in [0.1, 0.15) is 5.82 Å². The first-order chi connectivity index (χ1) is 8.79. The molecule has 0 fully saturated rings. The molecule has 0 saturated heterocycles. The summed E-state index contributed by atoms with van der Waals surface area (Å²) in [6, 6.07) is 5.19. The van der Waals surface area contributed by atoms with Crippen LogP contribution in [0.15, 0.2) is 36.8 Å². The van der Waals surface area contributed by atoms with Gasteiger partial charge in [-0.3, -0.25) is 10.3 Å². The molecule has 2 aromatic rings. The van der Waals surface area contributed by atoms with Crippen LogP contribution in [0.3, 0.4) is 0 Å². The molecule has 92 valence electrons. The number of hydrogen-bond donors (Lipinski definition) is 1. The van der Waals surface area contributed by atoms with Crippen molar-refractivity contribution >= 4 is 11.9 Å². The van der Waals surface area contributed by atoms with Crippen LogP contribution in [0.2, 0.25) is 0 Å². The molecule has 0 saturated carbocycles. The lowest BCUT2D eigenvalue weighted by atomic mass is 10.2. The van der Waals surface area contributed by atoms with E-state index in [1.165, 1.54) is 0 Å². The van der Waals surface area contributed by atoms with Crippen molar-refractivity contribution in [1.29, 1.82) is 0 Å². The van der Waals surface area contributed by atoms with Crippen LogP contribution >= 0.6 is 0 Å². The Balaban J connectivity index is 2.18. The molecule has 1 amide bonds. The lowest BCUT2D eigenvalue weighted by Crippen LogP contribution is -2.14. The van der Waals surface area contributed by atoms with E-state index in [9.17, 15) is 4.79 Å². The Kier molecular flexibility index (Phi) is 3.80. The molecule has 0 aliphatic carbocycles. The lowest BCUT2D eigenvalue weighted by Gasteiger charge is -2.05. The number of pyridine rings is 1. The summed E-state index contributed by atoms with van der Waals surface area (Å²) in [6.07, 6.45) is 4.36. The minimum Gasteiger partial charge on any atom is -0.450 e. The fourth-order valence-corrected chi connectivity index (χ4v) is 1.34. The molecule has 6 nitrogen and oxygen atoms in total. The molecule has 2 heterocycles. The zero-order valence-corrected chi connectivity index (χ0v) is 9.83. The lowest BCUT2D eigenvalue weighted by molar-refractivity contribution is 0.168. The predicted octanol–water partition coefficient (Wildman–Crippen LogP) is 2.11. The quantitative estimate of drug-likeness (QED) is 0.894. The fraction of sp³-hybridized carbons (Fsp3) is 0.167. The highest BCUT2D eigenvalue weighted by Crippen LogP contribution is 2.14. The van der Waals surface area contributed by atoms with Gasteiger partial charge in [0.25, 0.3) is 0 Å². The van der Waals surface area contributed by atoms with Crippen molar-refractivity contribution < 1.29 is 9.53 Å². The van der Waals surface area contributed by atoms with Gasteiger partial charge in [0.15, 0.2) is 5.82 Å². The molecule has 0 aromatic carbocycles. The summed E-state index contributed by atoms with van der Waals surface area (Å²) in [4.78, 5) is 23.5. The minimum absolute atomic E-state index is 0.314. The van der Waals surface area contributed by atoms with E-state index in [2.05, 4.69) is 20.3 Å². The van der Waals surface area contributed by atoms with E-state index in [0.29, 0.717) is 18.2 Å². The number of nitrogens with zero attached hydrogens (tertiary/aromatic N) is 3. The van der Waals surface area contributed by atoms with E-state index >= 15 is 0 Å². The summed E-state index contributed by atoms with van der Waals surface area (Å²) in [7, 11) is 0. The van der Waals surface area contributed by atoms with Crippen LogP contribution in [0.4, 0.5) is 10.6 Å². The summed E-state index contributed by atoms with van der Waals surface area (Å²) in [5.74, 6) is 0.918. The molecule has 0 atom stereocenters. The number of ether oxygens (including phenoxy) is 1. The second-order valence-corrected chi connectivity index (χ2v) is 3.35. The maximum atomic E-state index is 11.3. The van der Waals surface area contributed by atoms with Gasteiger partial charge in [-0.25, -0.2) is 14.8 Å². The van der Waals surface area contributed by atoms with Crippen molar-refractivity contribution in [3.8, 4) is 11.4 Å². The number of carbonyl (C=O) groups excluding carboxylic acids is 1. The Bertz CT molecular complexity index is 531. The molecule has 2 aromatic heterocycles. The third-order valence-corrected chi connectivity index (χ3v) is 2.10. The minimum atomic E-state index is -0.531. The summed E-state index contributed by atoms with van der Waals surface area (Å²) >= 11 is 0. The Labute approximate surface area is 104 Å². The van der Waals surface area contributed by atoms with Crippen molar-refractivity contribution in [3.05, 3.63) is 36.8 Å². The molecule has 0 aliphatic heterocycles. The van der Waals surface area contributed by atoms with E-state index < -0.39 is 6.09 Å². The maximum absolute atomic E-state index is 11.3. The van der Waals surface area contributed by atoms with Crippen LogP contribution in [-0.4, -0.2) is 27.7 Å². The standard InChI is InChI=1S/C12H12N4O2/c1-2-18-12(17)16-10-5-8-14-11(15-10)9-3-6-13-7-4-9/h3-8H,2H2,1H3,(H,14,15,16,17). The molecule has 6 heteroatoms. The Morgan fingerprint density at radius 3 is 2.78 bits per heavy atom. The Hall–Kier alpha value is -2.50. The predicted molar refractivity (Wildman–Crippen MR) is 65.9 cm³/mol. The molecule has 0 radical (unpaired) electrons. The number of anilines is 1. The normalized spacial score (nSPS) is 9.83. The summed E-state index contributed by atoms with van der Waals surface area (Å²) < 4.78 is 4.77. The molecule has 0 spiro atoms. The topological polar surface area (TPSA) is 77.0 Å². The highest BCUT2D eigenvalue weighted by atomic mass is 16.5. The van der Waals surface area contributed by atoms with Crippen molar-refractivity contribution in [1.82, 2.24) is 15.0 Å². The van der Waals surface area contributed by atoms with E-state index in [1.54, 1.807) is 43.7 Å². The highest BCUT2D eigenvalue weighted by molar-refractivity contribution is 5.83. The average Bonchev–Trinajstić information content (AvgIpc) is 2.40. The van der Waals surface area contributed by atoms with Crippen molar-refractivity contribution in [2.24, 2.45) is 0 Å². The van der Waals surface area contributed by atoms with Gasteiger partial charge in [0.05, 0.1) is 6.61 Å². The molecular formula is C12H12N4O2. The van der Waals surface area contributed by atoms with Crippen molar-refractivity contribution in [2.45, 2.75) is 6.92 Å². The average molecular weight is 244 g/mol. The van der Waals surface area contributed by atoms with Gasteiger partial charge in [-0.2, -0.15) is 0 Å². The van der Waals surface area contributed by atoms with E-state index in [-0.39, 0.29) is 0 Å². The van der Waals surface area contributed by atoms with Crippen LogP contribution < -0.4 is 5.32 Å². The Morgan fingerprint density at radius 2 is 2.06 bits per heavy atom. The van der Waals surface area contributed by atoms with Crippen LogP contribution in [0.5, 0.6) is 0 Å². The van der Waals surface area contributed by atoms with Crippen LogP contribution in [0.25, 0.3) is 11.4 Å². The van der Waals surface area contributed by atoms with Crippen LogP contribution in [0, 0.1) is 0 Å². The van der Waals surface area contributed by atoms with Crippen LogP contribution in [-0.2, 0) is 4.74 Å². The van der Waals surface area contributed by atoms with Crippen molar-refractivity contribution in [3.63, 3.8) is 0 Å². The fourth-order valence-electron chi connectivity index (χ4n) is 1.34. The number of amides is 1. The van der Waals surface area contributed by atoms with Gasteiger partial charge in [0, 0.05) is 24.2 Å². The number of rotatable bonds is 3. The summed E-state index contributed by atoms with van der Waals surface area (Å²) in [5, 5.41) is 2.53. The summed E-state index contributed by atoms with van der Waals surface area (Å²) in [6.45, 7) is 2.05. The zero-order valence-electron chi connectivity index (χ0n) is 9.83. The third kappa shape index (κ3) is 3.00. The van der Waals surface area contributed by atoms with Gasteiger partial charge < -0.3 is 4.74 Å². The van der Waals surface area contributed by atoms with E-state index in [0.717, 1.165) is 5.56 Å². The molecule has 2 rings (SSSR count). The van der Waals surface area contributed by atoms with Crippen molar-refractivity contribution in [2.75, 3.05) is 11.9 Å². The molecular weight excluding hydrogens is 232 g/mol. The number of nitrogens with one attached hydrogen (secondary N) is 1. The number of carbonyl (C=O) groups is 1. The highest BCUT2D eigenvalue weighted by Gasteiger charge is 2.05. The second-order valence-electron chi connectivity index (χ2n) is 3.35. The Morgan fingerprint density at radius 1 is 1.28 bits per heavy atom. The molecule has 0 unspecified atom stereocenters. The first kappa shape index (κ1) is 12.0. The first-order valence-corrected chi connectivity index (χ1v) is 5.47. The number of aromatic nitrogens is 3. The third-order valence-electron chi connectivity index (χ3n) is 2.10. The monoisotopic (exact) mass is 244 g/mol. The van der Waals surface area contributed by atoms with Gasteiger partial charge in [-0.1, -0.05) is 0 Å². The van der Waals surface area contributed by atoms with E-state index in [1.807, 2.05) is 0 Å². The van der Waals surface area contributed by atoms with Gasteiger partial charge in [-0.05, 0) is 25.1 Å². The molecule has 1 N–H and O–H groups in total.